The Kier molecular flexibility index (Phi) is 0.618. The van der Waals surface area contributed by atoms with E-state index < -0.39 is 0 Å². The molecule has 0 aromatic carbocycles. The fourth-order valence-corrected chi connectivity index (χ4v) is 0.212. The largest absolute Gasteiger partial charge is 0.383 e. The van der Waals surface area contributed by atoms with Crippen LogP contribution in [0.1, 0.15) is 12.8 Å². The molecular formula is C4H6O. The summed E-state index contributed by atoms with van der Waals surface area (Å²) in [5.41, 5.74) is 0. The molecule has 0 aromatic heterocycles. The molecule has 1 heteroatoms. The molecule has 28 valence electrons. The Morgan fingerprint density at radius 2 is 2.20 bits per heavy atom. The molecule has 0 aliphatic heterocycles. The van der Waals surface area contributed by atoms with Gasteiger partial charge in [-0.15, -0.1) is 0 Å². The van der Waals surface area contributed by atoms with Crippen molar-refractivity contribution >= 4 is 0 Å². The highest BCUT2D eigenvalue weighted by Gasteiger charge is 2.20. The third-order valence-corrected chi connectivity index (χ3v) is 0.760. The van der Waals surface area contributed by atoms with Gasteiger partial charge in [0, 0.05) is 0 Å². The quantitative estimate of drug-likeness (QED) is 0.484. The maximum Gasteiger partial charge on any atom is 0.131 e. The first-order chi connectivity index (χ1) is 2.43. The van der Waals surface area contributed by atoms with Gasteiger partial charge in [-0.1, -0.05) is 0 Å². The summed E-state index contributed by atoms with van der Waals surface area (Å²) >= 11 is 0. The van der Waals surface area contributed by atoms with Gasteiger partial charge in [-0.25, -0.2) is 0 Å². The molecule has 2 radical (unpaired) electrons. The third-order valence-electron chi connectivity index (χ3n) is 0.760. The summed E-state index contributed by atoms with van der Waals surface area (Å²) < 4.78 is 0. The molecule has 0 atom stereocenters. The number of hydrogen-bond donors (Lipinski definition) is 1. The van der Waals surface area contributed by atoms with Crippen LogP contribution in [0.5, 0.6) is 0 Å². The highest BCUT2D eigenvalue weighted by molar-refractivity contribution is 4.78. The van der Waals surface area contributed by atoms with E-state index in [1.165, 1.54) is 0 Å². The van der Waals surface area contributed by atoms with Gasteiger partial charge in [-0.2, -0.15) is 0 Å². The van der Waals surface area contributed by atoms with Crippen molar-refractivity contribution < 1.29 is 5.11 Å². The summed E-state index contributed by atoms with van der Waals surface area (Å²) in [6, 6.07) is 0. The molecule has 0 aromatic rings. The van der Waals surface area contributed by atoms with Crippen LogP contribution >= 0.6 is 0 Å². The van der Waals surface area contributed by atoms with Crippen molar-refractivity contribution in [1.82, 2.24) is 0 Å². The fraction of sp³-hybridized carbons (Fsp3) is 0.750. The number of aliphatic hydroxyl groups excluding tert-OH is 1. The molecule has 0 unspecified atom stereocenters. The molecule has 1 aliphatic carbocycles. The van der Waals surface area contributed by atoms with Crippen molar-refractivity contribution in [2.24, 2.45) is 5.92 Å². The average molecular weight is 70.1 g/mol. The van der Waals surface area contributed by atoms with Crippen LogP contribution in [0.15, 0.2) is 0 Å². The van der Waals surface area contributed by atoms with Crippen molar-refractivity contribution in [3.63, 3.8) is 0 Å². The summed E-state index contributed by atoms with van der Waals surface area (Å²) in [6.07, 6.45) is 2.30. The minimum atomic E-state index is 0.440. The SMILES string of the molecule is O[C]C1CC1. The lowest BCUT2D eigenvalue weighted by molar-refractivity contribution is 0.365. The van der Waals surface area contributed by atoms with E-state index in [9.17, 15) is 0 Å². The molecule has 1 aliphatic rings. The van der Waals surface area contributed by atoms with E-state index in [1.54, 1.807) is 0 Å². The zero-order valence-electron chi connectivity index (χ0n) is 2.94. The van der Waals surface area contributed by atoms with Crippen molar-refractivity contribution in [2.75, 3.05) is 0 Å². The molecule has 5 heavy (non-hydrogen) atoms. The molecule has 1 rings (SSSR count). The Morgan fingerprint density at radius 3 is 2.20 bits per heavy atom. The van der Waals surface area contributed by atoms with Gasteiger partial charge >= 0.3 is 0 Å². The standard InChI is InChI=1S/C4H6O/c5-3-4-1-2-4/h4-5H,1-2H2. The lowest BCUT2D eigenvalue weighted by Crippen LogP contribution is -1.67. The molecule has 1 nitrogen and oxygen atoms in total. The van der Waals surface area contributed by atoms with E-state index in [-0.39, 0.29) is 0 Å². The maximum atomic E-state index is 7.96. The van der Waals surface area contributed by atoms with Gasteiger partial charge in [0.05, 0.1) is 0 Å². The molecule has 0 spiro atoms. The summed E-state index contributed by atoms with van der Waals surface area (Å²) in [5.74, 6) is 0.440. The molecule has 1 fully saturated rings. The lowest BCUT2D eigenvalue weighted by Gasteiger charge is -1.70. The molecule has 0 bridgehead atoms. The van der Waals surface area contributed by atoms with Crippen molar-refractivity contribution in [2.45, 2.75) is 12.8 Å². The Balaban J connectivity index is 2.00. The van der Waals surface area contributed by atoms with Gasteiger partial charge in [0.25, 0.3) is 0 Å². The average Bonchev–Trinajstić information content (AvgIpc) is 2.12. The summed E-state index contributed by atoms with van der Waals surface area (Å²) in [5, 5.41) is 7.96. The second-order valence-corrected chi connectivity index (χ2v) is 1.40. The van der Waals surface area contributed by atoms with Crippen molar-refractivity contribution in [1.29, 1.82) is 0 Å². The predicted molar refractivity (Wildman–Crippen MR) is 17.9 cm³/mol. The smallest absolute Gasteiger partial charge is 0.131 e. The third kappa shape index (κ3) is 0.618. The molecule has 0 heterocycles. The number of rotatable bonds is 1. The highest BCUT2D eigenvalue weighted by Crippen LogP contribution is 2.29. The van der Waals surface area contributed by atoms with Crippen LogP contribution in [0.25, 0.3) is 0 Å². The van der Waals surface area contributed by atoms with Crippen molar-refractivity contribution in [3.8, 4) is 0 Å². The molecule has 0 saturated heterocycles. The van der Waals surface area contributed by atoms with Crippen LogP contribution < -0.4 is 0 Å². The molecule has 1 saturated carbocycles. The maximum absolute atomic E-state index is 7.96. The second-order valence-electron chi connectivity index (χ2n) is 1.40. The van der Waals surface area contributed by atoms with Crippen molar-refractivity contribution in [3.05, 3.63) is 6.61 Å². The van der Waals surface area contributed by atoms with E-state index in [1.807, 2.05) is 0 Å². The minimum Gasteiger partial charge on any atom is -0.383 e. The molecular weight excluding hydrogens is 64.0 g/mol. The van der Waals surface area contributed by atoms with Gasteiger partial charge in [0.15, 0.2) is 0 Å². The Hall–Kier alpha value is -0.0400. The van der Waals surface area contributed by atoms with Gasteiger partial charge < -0.3 is 5.11 Å². The normalized spacial score (nSPS) is 23.4. The minimum absolute atomic E-state index is 0.440. The number of hydrogen-bond acceptors (Lipinski definition) is 1. The van der Waals surface area contributed by atoms with Gasteiger partial charge in [0.1, 0.15) is 6.61 Å². The van der Waals surface area contributed by atoms with Gasteiger partial charge in [-0.3, -0.25) is 0 Å². The zero-order chi connectivity index (χ0) is 3.70. The van der Waals surface area contributed by atoms with Crippen LogP contribution in [-0.2, 0) is 0 Å². The number of aliphatic hydroxyl groups is 1. The summed E-state index contributed by atoms with van der Waals surface area (Å²) in [7, 11) is 0. The Labute approximate surface area is 31.6 Å². The van der Waals surface area contributed by atoms with Crippen LogP contribution in [0.4, 0.5) is 0 Å². The van der Waals surface area contributed by atoms with Crippen LogP contribution in [-0.4, -0.2) is 5.11 Å². The first kappa shape index (κ1) is 3.16. The van der Waals surface area contributed by atoms with E-state index in [2.05, 4.69) is 6.61 Å². The zero-order valence-corrected chi connectivity index (χ0v) is 2.94. The Morgan fingerprint density at radius 1 is 1.60 bits per heavy atom. The van der Waals surface area contributed by atoms with Crippen LogP contribution in [0, 0.1) is 12.5 Å². The van der Waals surface area contributed by atoms with Crippen LogP contribution in [0.3, 0.4) is 0 Å². The first-order valence-corrected chi connectivity index (χ1v) is 1.83. The summed E-state index contributed by atoms with van der Waals surface area (Å²) in [4.78, 5) is 0. The monoisotopic (exact) mass is 70.0 g/mol. The lowest BCUT2D eigenvalue weighted by atomic mass is 10.5. The van der Waals surface area contributed by atoms with E-state index >= 15 is 0 Å². The topological polar surface area (TPSA) is 20.2 Å². The van der Waals surface area contributed by atoms with E-state index in [0.29, 0.717) is 5.92 Å². The molecule has 1 N–H and O–H groups in total. The van der Waals surface area contributed by atoms with E-state index in [0.717, 1.165) is 12.8 Å². The predicted octanol–water partition coefficient (Wildman–Crippen LogP) is 0.808. The second kappa shape index (κ2) is 0.977. The van der Waals surface area contributed by atoms with Gasteiger partial charge in [-0.05, 0) is 18.8 Å². The van der Waals surface area contributed by atoms with E-state index in [4.69, 9.17) is 5.11 Å². The van der Waals surface area contributed by atoms with Crippen LogP contribution in [0.2, 0.25) is 0 Å². The summed E-state index contributed by atoms with van der Waals surface area (Å²) in [6.45, 7) is 2.14. The Bertz CT molecular complexity index is 30.6. The first-order valence-electron chi connectivity index (χ1n) is 1.83. The molecule has 0 amide bonds. The van der Waals surface area contributed by atoms with Gasteiger partial charge in [0.2, 0.25) is 0 Å². The highest BCUT2D eigenvalue weighted by atomic mass is 16.3. The fourth-order valence-electron chi connectivity index (χ4n) is 0.212.